The third-order valence-electron chi connectivity index (χ3n) is 2.63. The molecule has 0 atom stereocenters. The number of thiazole rings is 1. The Labute approximate surface area is 127 Å². The summed E-state index contributed by atoms with van der Waals surface area (Å²) in [5, 5.41) is 6.93. The van der Waals surface area contributed by atoms with Crippen LogP contribution in [0.3, 0.4) is 0 Å². The van der Waals surface area contributed by atoms with Gasteiger partial charge in [-0.1, -0.05) is 13.8 Å². The standard InChI is InChI=1S/C12H17N3O2S3/c1-8(2)11-7-19-12(14-11)15-20(16,17)10-4-9(5-13-3)18-6-10/h4,6-8,13H,5H2,1-3H3,(H,14,15). The molecule has 2 aromatic heterocycles. The molecule has 2 aromatic rings. The highest BCUT2D eigenvalue weighted by atomic mass is 32.2. The van der Waals surface area contributed by atoms with Crippen molar-refractivity contribution in [2.24, 2.45) is 0 Å². The zero-order chi connectivity index (χ0) is 14.8. The molecule has 20 heavy (non-hydrogen) atoms. The number of thiophene rings is 1. The average Bonchev–Trinajstić information content (AvgIpc) is 2.98. The van der Waals surface area contributed by atoms with Crippen LogP contribution in [0.25, 0.3) is 0 Å². The molecule has 0 spiro atoms. The summed E-state index contributed by atoms with van der Waals surface area (Å²) >= 11 is 2.73. The van der Waals surface area contributed by atoms with Gasteiger partial charge in [-0.15, -0.1) is 22.7 Å². The van der Waals surface area contributed by atoms with Gasteiger partial charge in [0.2, 0.25) is 0 Å². The van der Waals surface area contributed by atoms with E-state index in [4.69, 9.17) is 0 Å². The summed E-state index contributed by atoms with van der Waals surface area (Å²) in [6.07, 6.45) is 0. The minimum absolute atomic E-state index is 0.285. The van der Waals surface area contributed by atoms with E-state index in [1.165, 1.54) is 22.7 Å². The maximum atomic E-state index is 12.2. The van der Waals surface area contributed by atoms with Gasteiger partial charge in [0.15, 0.2) is 5.13 Å². The topological polar surface area (TPSA) is 71.1 Å². The second kappa shape index (κ2) is 6.21. The van der Waals surface area contributed by atoms with Crippen LogP contribution >= 0.6 is 22.7 Å². The number of sulfonamides is 1. The predicted octanol–water partition coefficient (Wildman–Crippen LogP) is 2.85. The third-order valence-corrected chi connectivity index (χ3v) is 5.94. The molecule has 0 amide bonds. The Balaban J connectivity index is 2.16. The maximum absolute atomic E-state index is 12.2. The van der Waals surface area contributed by atoms with Gasteiger partial charge < -0.3 is 5.32 Å². The summed E-state index contributed by atoms with van der Waals surface area (Å²) in [5.74, 6) is 0.285. The van der Waals surface area contributed by atoms with Gasteiger partial charge in [0.25, 0.3) is 10.0 Å². The van der Waals surface area contributed by atoms with Crippen molar-refractivity contribution in [3.05, 3.63) is 27.4 Å². The maximum Gasteiger partial charge on any atom is 0.264 e. The second-order valence-electron chi connectivity index (χ2n) is 4.62. The molecule has 2 rings (SSSR count). The van der Waals surface area contributed by atoms with E-state index in [9.17, 15) is 8.42 Å². The lowest BCUT2D eigenvalue weighted by atomic mass is 10.2. The van der Waals surface area contributed by atoms with Crippen molar-refractivity contribution in [3.63, 3.8) is 0 Å². The zero-order valence-electron chi connectivity index (χ0n) is 11.5. The van der Waals surface area contributed by atoms with Crippen LogP contribution in [0.2, 0.25) is 0 Å². The van der Waals surface area contributed by atoms with Gasteiger partial charge in [0.05, 0.1) is 10.6 Å². The number of anilines is 1. The van der Waals surface area contributed by atoms with Gasteiger partial charge in [0.1, 0.15) is 0 Å². The molecule has 8 heteroatoms. The van der Waals surface area contributed by atoms with E-state index in [1.54, 1.807) is 11.4 Å². The summed E-state index contributed by atoms with van der Waals surface area (Å²) in [4.78, 5) is 5.55. The van der Waals surface area contributed by atoms with Gasteiger partial charge in [-0.3, -0.25) is 4.72 Å². The Kier molecular flexibility index (Phi) is 4.79. The molecule has 0 saturated heterocycles. The fourth-order valence-corrected chi connectivity index (χ4v) is 4.95. The molecular weight excluding hydrogens is 314 g/mol. The van der Waals surface area contributed by atoms with Gasteiger partial charge in [-0.05, 0) is 19.0 Å². The summed E-state index contributed by atoms with van der Waals surface area (Å²) in [6, 6.07) is 1.68. The van der Waals surface area contributed by atoms with E-state index < -0.39 is 10.0 Å². The lowest BCUT2D eigenvalue weighted by Crippen LogP contribution is -2.12. The first-order valence-electron chi connectivity index (χ1n) is 6.12. The highest BCUT2D eigenvalue weighted by molar-refractivity contribution is 7.93. The van der Waals surface area contributed by atoms with Crippen LogP contribution in [0.1, 0.15) is 30.3 Å². The number of hydrogen-bond donors (Lipinski definition) is 2. The summed E-state index contributed by atoms with van der Waals surface area (Å²) in [5.41, 5.74) is 0.897. The van der Waals surface area contributed by atoms with Crippen LogP contribution < -0.4 is 10.0 Å². The normalized spacial score (nSPS) is 12.0. The number of hydrogen-bond acceptors (Lipinski definition) is 6. The Morgan fingerprint density at radius 1 is 1.30 bits per heavy atom. The molecule has 2 heterocycles. The van der Waals surface area contributed by atoms with Gasteiger partial charge in [-0.25, -0.2) is 13.4 Å². The number of rotatable bonds is 6. The Hall–Kier alpha value is -0.960. The van der Waals surface area contributed by atoms with E-state index >= 15 is 0 Å². The number of aromatic nitrogens is 1. The summed E-state index contributed by atoms with van der Waals surface area (Å²) in [6.45, 7) is 4.71. The molecule has 0 aliphatic rings. The van der Waals surface area contributed by atoms with Crippen LogP contribution in [-0.2, 0) is 16.6 Å². The molecule has 0 bridgehead atoms. The largest absolute Gasteiger partial charge is 0.315 e. The van der Waals surface area contributed by atoms with Crippen molar-refractivity contribution >= 4 is 37.8 Å². The van der Waals surface area contributed by atoms with Crippen LogP contribution in [0, 0.1) is 0 Å². The van der Waals surface area contributed by atoms with Crippen LogP contribution in [0.4, 0.5) is 5.13 Å². The summed E-state index contributed by atoms with van der Waals surface area (Å²) < 4.78 is 27.0. The van der Waals surface area contributed by atoms with Crippen molar-refractivity contribution in [3.8, 4) is 0 Å². The lowest BCUT2D eigenvalue weighted by molar-refractivity contribution is 0.601. The van der Waals surface area contributed by atoms with Gasteiger partial charge >= 0.3 is 0 Å². The van der Waals surface area contributed by atoms with Crippen molar-refractivity contribution in [2.75, 3.05) is 11.8 Å². The van der Waals surface area contributed by atoms with Crippen molar-refractivity contribution in [1.29, 1.82) is 0 Å². The zero-order valence-corrected chi connectivity index (χ0v) is 14.0. The Morgan fingerprint density at radius 2 is 2.05 bits per heavy atom. The Morgan fingerprint density at radius 3 is 2.65 bits per heavy atom. The minimum atomic E-state index is -3.54. The minimum Gasteiger partial charge on any atom is -0.315 e. The van der Waals surface area contributed by atoms with E-state index in [-0.39, 0.29) is 10.8 Å². The molecule has 110 valence electrons. The average molecular weight is 331 g/mol. The second-order valence-corrected chi connectivity index (χ2v) is 8.15. The highest BCUT2D eigenvalue weighted by Gasteiger charge is 2.18. The van der Waals surface area contributed by atoms with E-state index in [0.717, 1.165) is 10.6 Å². The lowest BCUT2D eigenvalue weighted by Gasteiger charge is -2.02. The molecule has 0 aromatic carbocycles. The smallest absolute Gasteiger partial charge is 0.264 e. The van der Waals surface area contributed by atoms with Crippen LogP contribution in [0.15, 0.2) is 21.7 Å². The fraction of sp³-hybridized carbons (Fsp3) is 0.417. The van der Waals surface area contributed by atoms with E-state index in [1.807, 2.05) is 26.3 Å². The molecule has 5 nitrogen and oxygen atoms in total. The predicted molar refractivity (Wildman–Crippen MR) is 84.1 cm³/mol. The van der Waals surface area contributed by atoms with Crippen LogP contribution in [0.5, 0.6) is 0 Å². The van der Waals surface area contributed by atoms with Crippen molar-refractivity contribution < 1.29 is 8.42 Å². The first-order valence-corrected chi connectivity index (χ1v) is 9.37. The first-order chi connectivity index (χ1) is 9.42. The third kappa shape index (κ3) is 3.57. The Bertz CT molecular complexity index is 674. The van der Waals surface area contributed by atoms with Gasteiger partial charge in [0, 0.05) is 22.2 Å². The van der Waals surface area contributed by atoms with E-state index in [2.05, 4.69) is 15.0 Å². The number of nitrogens with one attached hydrogen (secondary N) is 2. The molecule has 2 N–H and O–H groups in total. The van der Waals surface area contributed by atoms with Crippen LogP contribution in [-0.4, -0.2) is 20.4 Å². The molecular formula is C12H17N3O2S3. The SMILES string of the molecule is CNCc1cc(S(=O)(=O)Nc2nc(C(C)C)cs2)cs1. The molecule has 0 fully saturated rings. The fourth-order valence-electron chi connectivity index (χ4n) is 1.54. The van der Waals surface area contributed by atoms with Crippen molar-refractivity contribution in [1.82, 2.24) is 10.3 Å². The molecule has 0 unspecified atom stereocenters. The molecule has 0 saturated carbocycles. The molecule has 0 aliphatic carbocycles. The number of nitrogens with zero attached hydrogens (tertiary/aromatic N) is 1. The monoisotopic (exact) mass is 331 g/mol. The first kappa shape index (κ1) is 15.4. The van der Waals surface area contributed by atoms with Gasteiger partial charge in [-0.2, -0.15) is 0 Å². The summed E-state index contributed by atoms with van der Waals surface area (Å²) in [7, 11) is -1.71. The molecule has 0 radical (unpaired) electrons. The quantitative estimate of drug-likeness (QED) is 0.854. The molecule has 0 aliphatic heterocycles. The van der Waals surface area contributed by atoms with Crippen molar-refractivity contribution in [2.45, 2.75) is 31.2 Å². The highest BCUT2D eigenvalue weighted by Crippen LogP contribution is 2.25. The van der Waals surface area contributed by atoms with E-state index in [0.29, 0.717) is 11.7 Å².